The predicted octanol–water partition coefficient (Wildman–Crippen LogP) is 4.09. The summed E-state index contributed by atoms with van der Waals surface area (Å²) in [4.78, 5) is 0. The van der Waals surface area contributed by atoms with E-state index < -0.39 is 0 Å². The third kappa shape index (κ3) is 4.77. The molecule has 0 aliphatic rings. The first kappa shape index (κ1) is 15.2. The van der Waals surface area contributed by atoms with Crippen LogP contribution < -0.4 is 5.32 Å². The lowest BCUT2D eigenvalue weighted by molar-refractivity contribution is 0.258. The molecule has 1 aromatic rings. The Morgan fingerprint density at radius 3 is 2.39 bits per heavy atom. The zero-order valence-corrected chi connectivity index (χ0v) is 12.3. The Labute approximate surface area is 111 Å². The summed E-state index contributed by atoms with van der Waals surface area (Å²) in [7, 11) is 0. The fraction of sp³-hybridized carbons (Fsp3) is 0.625. The Kier molecular flexibility index (Phi) is 5.33. The number of aryl methyl sites for hydroxylation is 2. The topological polar surface area (TPSA) is 12.0 Å². The van der Waals surface area contributed by atoms with Crippen molar-refractivity contribution in [3.8, 4) is 0 Å². The van der Waals surface area contributed by atoms with Crippen molar-refractivity contribution in [1.82, 2.24) is 5.32 Å². The quantitative estimate of drug-likeness (QED) is 0.831. The number of nitrogens with one attached hydrogen (secondary N) is 1. The number of benzene rings is 1. The maximum atomic E-state index is 13.3. The fourth-order valence-corrected chi connectivity index (χ4v) is 2.36. The molecule has 0 radical (unpaired) electrons. The van der Waals surface area contributed by atoms with E-state index in [0.29, 0.717) is 6.04 Å². The van der Waals surface area contributed by atoms with Crippen molar-refractivity contribution >= 4 is 0 Å². The zero-order chi connectivity index (χ0) is 13.8. The summed E-state index contributed by atoms with van der Waals surface area (Å²) >= 11 is 0. The lowest BCUT2D eigenvalue weighted by Crippen LogP contribution is -2.40. The minimum atomic E-state index is -0.124. The summed E-state index contributed by atoms with van der Waals surface area (Å²) in [5.74, 6) is -0.124. The van der Waals surface area contributed by atoms with Gasteiger partial charge in [-0.1, -0.05) is 33.8 Å². The standard InChI is InChI=1S/C16H26FN/c1-6-18-15(16(3,4)5)8-7-13-9-12(2)10-14(17)11-13/h9-11,15,18H,6-8H2,1-5H3. The highest BCUT2D eigenvalue weighted by molar-refractivity contribution is 5.23. The van der Waals surface area contributed by atoms with E-state index in [-0.39, 0.29) is 11.2 Å². The van der Waals surface area contributed by atoms with Crippen LogP contribution in [-0.2, 0) is 6.42 Å². The summed E-state index contributed by atoms with van der Waals surface area (Å²) in [6, 6.07) is 5.77. The van der Waals surface area contributed by atoms with Crippen LogP contribution in [-0.4, -0.2) is 12.6 Å². The van der Waals surface area contributed by atoms with Gasteiger partial charge >= 0.3 is 0 Å². The van der Waals surface area contributed by atoms with E-state index in [2.05, 4.69) is 39.1 Å². The van der Waals surface area contributed by atoms with E-state index in [9.17, 15) is 4.39 Å². The van der Waals surface area contributed by atoms with Crippen LogP contribution >= 0.6 is 0 Å². The first-order chi connectivity index (χ1) is 8.32. The summed E-state index contributed by atoms with van der Waals surface area (Å²) in [6.45, 7) is 11.8. The van der Waals surface area contributed by atoms with Gasteiger partial charge < -0.3 is 5.32 Å². The second-order valence-corrected chi connectivity index (χ2v) is 6.15. The monoisotopic (exact) mass is 251 g/mol. The highest BCUT2D eigenvalue weighted by Gasteiger charge is 2.23. The van der Waals surface area contributed by atoms with Crippen LogP contribution in [0, 0.1) is 18.2 Å². The molecule has 18 heavy (non-hydrogen) atoms. The lowest BCUT2D eigenvalue weighted by Gasteiger charge is -2.31. The van der Waals surface area contributed by atoms with Gasteiger partial charge in [-0.15, -0.1) is 0 Å². The van der Waals surface area contributed by atoms with Gasteiger partial charge in [0.15, 0.2) is 0 Å². The van der Waals surface area contributed by atoms with Gasteiger partial charge in [0, 0.05) is 6.04 Å². The molecule has 0 saturated heterocycles. The molecular formula is C16H26FN. The number of rotatable bonds is 5. The normalized spacial score (nSPS) is 13.7. The fourth-order valence-electron chi connectivity index (χ4n) is 2.36. The Morgan fingerprint density at radius 2 is 1.89 bits per heavy atom. The van der Waals surface area contributed by atoms with Gasteiger partial charge in [0.05, 0.1) is 0 Å². The van der Waals surface area contributed by atoms with Gasteiger partial charge in [0.1, 0.15) is 5.82 Å². The maximum absolute atomic E-state index is 13.3. The second kappa shape index (κ2) is 6.33. The largest absolute Gasteiger partial charge is 0.314 e. The van der Waals surface area contributed by atoms with Crippen LogP contribution in [0.25, 0.3) is 0 Å². The first-order valence-corrected chi connectivity index (χ1v) is 6.82. The van der Waals surface area contributed by atoms with E-state index in [4.69, 9.17) is 0 Å². The van der Waals surface area contributed by atoms with Gasteiger partial charge in [-0.25, -0.2) is 4.39 Å². The minimum Gasteiger partial charge on any atom is -0.314 e. The van der Waals surface area contributed by atoms with Gasteiger partial charge in [-0.2, -0.15) is 0 Å². The van der Waals surface area contributed by atoms with Gasteiger partial charge in [0.2, 0.25) is 0 Å². The molecule has 1 nitrogen and oxygen atoms in total. The molecule has 0 fully saturated rings. The predicted molar refractivity (Wildman–Crippen MR) is 76.4 cm³/mol. The molecule has 2 heteroatoms. The Hall–Kier alpha value is -0.890. The van der Waals surface area contributed by atoms with E-state index in [1.54, 1.807) is 12.1 Å². The molecule has 1 aromatic carbocycles. The molecule has 1 N–H and O–H groups in total. The van der Waals surface area contributed by atoms with Crippen LogP contribution in [0.5, 0.6) is 0 Å². The van der Waals surface area contributed by atoms with Gasteiger partial charge in [-0.3, -0.25) is 0 Å². The Bertz CT molecular complexity index is 359. The molecule has 0 spiro atoms. The average Bonchev–Trinajstić information content (AvgIpc) is 2.21. The third-order valence-corrected chi connectivity index (χ3v) is 3.32. The molecule has 0 bridgehead atoms. The number of hydrogen-bond acceptors (Lipinski definition) is 1. The molecule has 0 aromatic heterocycles. The van der Waals surface area contributed by atoms with Gasteiger partial charge in [-0.05, 0) is 55.0 Å². The maximum Gasteiger partial charge on any atom is 0.123 e. The van der Waals surface area contributed by atoms with Crippen molar-refractivity contribution in [2.24, 2.45) is 5.41 Å². The van der Waals surface area contributed by atoms with Crippen molar-refractivity contribution in [2.75, 3.05) is 6.54 Å². The van der Waals surface area contributed by atoms with E-state index in [1.165, 1.54) is 0 Å². The first-order valence-electron chi connectivity index (χ1n) is 6.82. The SMILES string of the molecule is CCNC(CCc1cc(C)cc(F)c1)C(C)(C)C. The van der Waals surface area contributed by atoms with E-state index in [1.807, 2.05) is 6.92 Å². The molecule has 0 saturated carbocycles. The molecule has 102 valence electrons. The highest BCUT2D eigenvalue weighted by atomic mass is 19.1. The summed E-state index contributed by atoms with van der Waals surface area (Å²) in [5.41, 5.74) is 2.33. The zero-order valence-electron chi connectivity index (χ0n) is 12.3. The molecule has 0 heterocycles. The number of hydrogen-bond donors (Lipinski definition) is 1. The molecule has 0 aliphatic heterocycles. The van der Waals surface area contributed by atoms with Crippen LogP contribution in [0.15, 0.2) is 18.2 Å². The molecule has 1 atom stereocenters. The smallest absolute Gasteiger partial charge is 0.123 e. The van der Waals surface area contributed by atoms with Crippen molar-refractivity contribution < 1.29 is 4.39 Å². The Morgan fingerprint density at radius 1 is 1.22 bits per heavy atom. The lowest BCUT2D eigenvalue weighted by atomic mass is 9.83. The van der Waals surface area contributed by atoms with E-state index >= 15 is 0 Å². The summed E-state index contributed by atoms with van der Waals surface area (Å²) in [6.07, 6.45) is 1.97. The van der Waals surface area contributed by atoms with Crippen LogP contribution in [0.3, 0.4) is 0 Å². The summed E-state index contributed by atoms with van der Waals surface area (Å²) in [5, 5.41) is 3.53. The average molecular weight is 251 g/mol. The molecule has 1 unspecified atom stereocenters. The van der Waals surface area contributed by atoms with E-state index in [0.717, 1.165) is 30.5 Å². The molecular weight excluding hydrogens is 225 g/mol. The van der Waals surface area contributed by atoms with Crippen LogP contribution in [0.4, 0.5) is 4.39 Å². The summed E-state index contributed by atoms with van der Waals surface area (Å²) < 4.78 is 13.3. The van der Waals surface area contributed by atoms with Crippen LogP contribution in [0.1, 0.15) is 45.2 Å². The van der Waals surface area contributed by atoms with Crippen molar-refractivity contribution in [2.45, 2.75) is 53.5 Å². The highest BCUT2D eigenvalue weighted by Crippen LogP contribution is 2.23. The van der Waals surface area contributed by atoms with Crippen molar-refractivity contribution in [3.63, 3.8) is 0 Å². The third-order valence-electron chi connectivity index (χ3n) is 3.32. The molecule has 1 rings (SSSR count). The Balaban J connectivity index is 2.67. The number of halogens is 1. The van der Waals surface area contributed by atoms with Crippen molar-refractivity contribution in [1.29, 1.82) is 0 Å². The van der Waals surface area contributed by atoms with Crippen LogP contribution in [0.2, 0.25) is 0 Å². The van der Waals surface area contributed by atoms with Gasteiger partial charge in [0.25, 0.3) is 0 Å². The molecule has 0 amide bonds. The minimum absolute atomic E-state index is 0.124. The van der Waals surface area contributed by atoms with Crippen molar-refractivity contribution in [3.05, 3.63) is 35.1 Å². The second-order valence-electron chi connectivity index (χ2n) is 6.15. The molecule has 0 aliphatic carbocycles.